The van der Waals surface area contributed by atoms with Gasteiger partial charge >= 0.3 is 0 Å². The minimum absolute atomic E-state index is 0.0136. The third kappa shape index (κ3) is 5.12. The molecule has 10 heteroatoms. The number of piperidine rings is 1. The van der Waals surface area contributed by atoms with Crippen molar-refractivity contribution >= 4 is 33.7 Å². The number of hydrogen-bond acceptors (Lipinski definition) is 6. The molecule has 0 unspecified atom stereocenters. The second-order valence-electron chi connectivity index (χ2n) is 10.9. The van der Waals surface area contributed by atoms with Crippen molar-refractivity contribution in [3.8, 4) is 33.8 Å². The van der Waals surface area contributed by atoms with Gasteiger partial charge in [-0.05, 0) is 91.9 Å². The number of nitrogens with zero attached hydrogens (tertiary/aromatic N) is 4. The number of fused-ring (bicyclic) bond motifs is 2. The number of nitrogens with one attached hydrogen (secondary N) is 4. The average Bonchev–Trinajstić information content (AvgIpc) is 3.61. The van der Waals surface area contributed by atoms with Crippen LogP contribution in [-0.2, 0) is 4.79 Å². The summed E-state index contributed by atoms with van der Waals surface area (Å²) in [5, 5.41) is 14.9. The van der Waals surface area contributed by atoms with Gasteiger partial charge in [-0.15, -0.1) is 0 Å². The number of H-pyrrole nitrogens is 2. The van der Waals surface area contributed by atoms with Crippen LogP contribution in [0.5, 0.6) is 0 Å². The summed E-state index contributed by atoms with van der Waals surface area (Å²) in [5.74, 6) is 0.686. The monoisotopic (exact) mass is 560 g/mol. The van der Waals surface area contributed by atoms with Gasteiger partial charge < -0.3 is 15.6 Å². The third-order valence-corrected chi connectivity index (χ3v) is 7.82. The summed E-state index contributed by atoms with van der Waals surface area (Å²) in [7, 11) is 0. The molecular weight excluding hydrogens is 531 g/mol. The summed E-state index contributed by atoms with van der Waals surface area (Å²) in [6.07, 6.45) is 7.68. The van der Waals surface area contributed by atoms with E-state index in [4.69, 9.17) is 4.98 Å². The SMILES string of the molecule is Cc1cc(F)cc(-c2ccnc3nc(-c4n[nH]c5ccc(-c6cncc(NC(=O)CC7CCNCC7)c6)cc45)[nH]c23)c1. The van der Waals surface area contributed by atoms with Crippen molar-refractivity contribution in [3.63, 3.8) is 0 Å². The van der Waals surface area contributed by atoms with Crippen molar-refractivity contribution in [1.82, 2.24) is 35.5 Å². The molecule has 1 aliphatic heterocycles. The number of carbonyl (C=O) groups is 1. The number of anilines is 1. The molecule has 1 amide bonds. The summed E-state index contributed by atoms with van der Waals surface area (Å²) in [6.45, 7) is 3.79. The van der Waals surface area contributed by atoms with E-state index in [-0.39, 0.29) is 11.7 Å². The molecule has 6 aromatic rings. The van der Waals surface area contributed by atoms with Crippen LogP contribution < -0.4 is 10.6 Å². The number of aryl methyl sites for hydroxylation is 1. The van der Waals surface area contributed by atoms with Crippen molar-refractivity contribution in [1.29, 1.82) is 0 Å². The number of aromatic nitrogens is 6. The van der Waals surface area contributed by atoms with Crippen LogP contribution in [0, 0.1) is 18.7 Å². The van der Waals surface area contributed by atoms with Crippen LogP contribution in [0.15, 0.2) is 67.1 Å². The Morgan fingerprint density at radius 3 is 2.76 bits per heavy atom. The Balaban J connectivity index is 1.20. The van der Waals surface area contributed by atoms with E-state index in [9.17, 15) is 9.18 Å². The van der Waals surface area contributed by atoms with Gasteiger partial charge in [0.1, 0.15) is 11.5 Å². The largest absolute Gasteiger partial charge is 0.335 e. The number of pyridine rings is 2. The fraction of sp³-hybridized carbons (Fsp3) is 0.219. The zero-order valence-electron chi connectivity index (χ0n) is 23.0. The third-order valence-electron chi connectivity index (χ3n) is 7.82. The molecule has 7 rings (SSSR count). The lowest BCUT2D eigenvalue weighted by Crippen LogP contribution is -2.30. The number of halogens is 1. The van der Waals surface area contributed by atoms with Crippen molar-refractivity contribution in [3.05, 3.63) is 78.5 Å². The molecule has 1 aliphatic rings. The highest BCUT2D eigenvalue weighted by molar-refractivity contribution is 5.98. The predicted molar refractivity (Wildman–Crippen MR) is 161 cm³/mol. The van der Waals surface area contributed by atoms with Crippen LogP contribution in [0.4, 0.5) is 10.1 Å². The normalized spacial score (nSPS) is 14.0. The zero-order chi connectivity index (χ0) is 28.6. The first-order valence-electron chi connectivity index (χ1n) is 14.1. The maximum Gasteiger partial charge on any atom is 0.224 e. The Bertz CT molecular complexity index is 1920. The topological polar surface area (TPSA) is 124 Å². The molecule has 4 N–H and O–H groups in total. The highest BCUT2D eigenvalue weighted by Crippen LogP contribution is 2.33. The van der Waals surface area contributed by atoms with E-state index in [0.717, 1.165) is 64.7 Å². The first-order valence-corrected chi connectivity index (χ1v) is 14.1. The van der Waals surface area contributed by atoms with E-state index in [0.29, 0.717) is 40.7 Å². The molecule has 2 aromatic carbocycles. The molecule has 0 atom stereocenters. The molecule has 0 radical (unpaired) electrons. The van der Waals surface area contributed by atoms with Gasteiger partial charge in [0.15, 0.2) is 11.5 Å². The van der Waals surface area contributed by atoms with Gasteiger partial charge in [0.05, 0.1) is 22.9 Å². The van der Waals surface area contributed by atoms with Crippen molar-refractivity contribution in [2.24, 2.45) is 5.92 Å². The summed E-state index contributed by atoms with van der Waals surface area (Å²) < 4.78 is 14.2. The molecule has 1 saturated heterocycles. The zero-order valence-corrected chi connectivity index (χ0v) is 23.0. The molecule has 210 valence electrons. The standard InChI is InChI=1S/C32H29FN8O/c1-18-10-21(13-23(33)11-18)25-6-9-36-31-29(25)38-32(39-31)30-26-15-20(2-3-27(26)40-41-30)22-14-24(17-35-16-22)37-28(42)12-19-4-7-34-8-5-19/h2-3,6,9-11,13-17,19,34H,4-5,7-8,12H2,1H3,(H,37,42)(H,40,41)(H,36,38,39). The number of imidazole rings is 1. The fourth-order valence-corrected chi connectivity index (χ4v) is 5.76. The van der Waals surface area contributed by atoms with Gasteiger partial charge in [-0.25, -0.2) is 14.4 Å². The quantitative estimate of drug-likeness (QED) is 0.198. The van der Waals surface area contributed by atoms with Gasteiger partial charge in [0, 0.05) is 35.3 Å². The summed E-state index contributed by atoms with van der Waals surface area (Å²) in [4.78, 5) is 29.6. The van der Waals surface area contributed by atoms with Crippen LogP contribution in [0.2, 0.25) is 0 Å². The van der Waals surface area contributed by atoms with E-state index in [1.807, 2.05) is 43.3 Å². The van der Waals surface area contributed by atoms with Crippen LogP contribution in [-0.4, -0.2) is 49.1 Å². The first-order chi connectivity index (χ1) is 20.5. The molecule has 5 heterocycles. The lowest BCUT2D eigenvalue weighted by atomic mass is 9.94. The van der Waals surface area contributed by atoms with Crippen molar-refractivity contribution < 1.29 is 9.18 Å². The minimum atomic E-state index is -0.291. The minimum Gasteiger partial charge on any atom is -0.335 e. The van der Waals surface area contributed by atoms with E-state index >= 15 is 0 Å². The van der Waals surface area contributed by atoms with Gasteiger partial charge in [-0.3, -0.25) is 14.9 Å². The first kappa shape index (κ1) is 26.0. The second-order valence-corrected chi connectivity index (χ2v) is 10.9. The number of aromatic amines is 2. The molecule has 0 saturated carbocycles. The lowest BCUT2D eigenvalue weighted by molar-refractivity contribution is -0.117. The molecule has 0 aliphatic carbocycles. The average molecular weight is 561 g/mol. The van der Waals surface area contributed by atoms with Crippen LogP contribution in [0.1, 0.15) is 24.8 Å². The predicted octanol–water partition coefficient (Wildman–Crippen LogP) is 6.01. The summed E-state index contributed by atoms with van der Waals surface area (Å²) in [5.41, 5.74) is 7.59. The number of benzene rings is 2. The highest BCUT2D eigenvalue weighted by Gasteiger charge is 2.19. The van der Waals surface area contributed by atoms with Gasteiger partial charge in [0.2, 0.25) is 5.91 Å². The Kier molecular flexibility index (Phi) is 6.67. The maximum absolute atomic E-state index is 14.2. The Hall–Kier alpha value is -4.96. The summed E-state index contributed by atoms with van der Waals surface area (Å²) in [6, 6.07) is 14.7. The van der Waals surface area contributed by atoms with E-state index in [1.54, 1.807) is 18.6 Å². The molecule has 4 aromatic heterocycles. The Morgan fingerprint density at radius 2 is 1.90 bits per heavy atom. The second kappa shape index (κ2) is 10.8. The van der Waals surface area contributed by atoms with Crippen LogP contribution >= 0.6 is 0 Å². The maximum atomic E-state index is 14.2. The molecule has 9 nitrogen and oxygen atoms in total. The molecule has 0 spiro atoms. The number of rotatable bonds is 6. The molecule has 42 heavy (non-hydrogen) atoms. The lowest BCUT2D eigenvalue weighted by Gasteiger charge is -2.21. The van der Waals surface area contributed by atoms with Crippen LogP contribution in [0.3, 0.4) is 0 Å². The van der Waals surface area contributed by atoms with Gasteiger partial charge in [-0.2, -0.15) is 5.10 Å². The number of hydrogen-bond donors (Lipinski definition) is 4. The van der Waals surface area contributed by atoms with E-state index in [2.05, 4.69) is 35.8 Å². The summed E-state index contributed by atoms with van der Waals surface area (Å²) >= 11 is 0. The van der Waals surface area contributed by atoms with E-state index in [1.165, 1.54) is 12.1 Å². The molecule has 0 bridgehead atoms. The van der Waals surface area contributed by atoms with Gasteiger partial charge in [0.25, 0.3) is 0 Å². The molecular formula is C32H29FN8O. The highest BCUT2D eigenvalue weighted by atomic mass is 19.1. The fourth-order valence-electron chi connectivity index (χ4n) is 5.76. The van der Waals surface area contributed by atoms with Crippen molar-refractivity contribution in [2.75, 3.05) is 18.4 Å². The van der Waals surface area contributed by atoms with E-state index < -0.39 is 0 Å². The number of amides is 1. The Labute approximate surface area is 241 Å². The number of carbonyl (C=O) groups excluding carboxylic acids is 1. The smallest absolute Gasteiger partial charge is 0.224 e. The van der Waals surface area contributed by atoms with Crippen LogP contribution in [0.25, 0.3) is 55.8 Å². The van der Waals surface area contributed by atoms with Gasteiger partial charge in [-0.1, -0.05) is 12.1 Å². The molecule has 1 fully saturated rings. The Morgan fingerprint density at radius 1 is 1.02 bits per heavy atom. The van der Waals surface area contributed by atoms with Crippen molar-refractivity contribution in [2.45, 2.75) is 26.2 Å².